The number of hydrogen-bond acceptors (Lipinski definition) is 4. The molecule has 0 heterocycles. The first kappa shape index (κ1) is 16.4. The van der Waals surface area contributed by atoms with Gasteiger partial charge in [-0.2, -0.15) is 0 Å². The molecule has 0 aromatic heterocycles. The molecule has 0 bridgehead atoms. The van der Waals surface area contributed by atoms with E-state index >= 15 is 0 Å². The molecule has 0 aliphatic rings. The highest BCUT2D eigenvalue weighted by Crippen LogP contribution is 2.28. The molecule has 2 atom stereocenters. The van der Waals surface area contributed by atoms with Crippen molar-refractivity contribution in [3.63, 3.8) is 0 Å². The zero-order valence-electron chi connectivity index (χ0n) is 11.4. The maximum atomic E-state index is 9.36. The molecule has 0 aliphatic heterocycles. The lowest BCUT2D eigenvalue weighted by Gasteiger charge is -2.19. The maximum Gasteiger partial charge on any atom is 0.125 e. The van der Waals surface area contributed by atoms with Gasteiger partial charge < -0.3 is 20.3 Å². The summed E-state index contributed by atoms with van der Waals surface area (Å²) in [4.78, 5) is 0. The zero-order chi connectivity index (χ0) is 14.3. The second-order valence-electron chi connectivity index (χ2n) is 4.51. The lowest BCUT2D eigenvalue weighted by atomic mass is 10.1. The van der Waals surface area contributed by atoms with Crippen molar-refractivity contribution < 1.29 is 14.9 Å². The van der Waals surface area contributed by atoms with Gasteiger partial charge in [0.25, 0.3) is 0 Å². The summed E-state index contributed by atoms with van der Waals surface area (Å²) in [7, 11) is 0. The highest BCUT2D eigenvalue weighted by Gasteiger charge is 2.13. The number of ether oxygens (including phenoxy) is 1. The predicted molar refractivity (Wildman–Crippen MR) is 79.4 cm³/mol. The summed E-state index contributed by atoms with van der Waals surface area (Å²) < 4.78 is 6.52. The topological polar surface area (TPSA) is 61.7 Å². The van der Waals surface area contributed by atoms with Crippen molar-refractivity contribution in [2.24, 2.45) is 0 Å². The molecule has 1 aromatic rings. The van der Waals surface area contributed by atoms with Crippen molar-refractivity contribution in [3.05, 3.63) is 28.2 Å². The SMILES string of the molecule is CCCNC(C)c1ccc(Br)cc1OCC(O)CO. The highest BCUT2D eigenvalue weighted by molar-refractivity contribution is 9.10. The summed E-state index contributed by atoms with van der Waals surface area (Å²) in [5.74, 6) is 0.720. The summed E-state index contributed by atoms with van der Waals surface area (Å²) in [6.07, 6.45) is 0.214. The van der Waals surface area contributed by atoms with Crippen LogP contribution in [0.1, 0.15) is 31.9 Å². The number of aliphatic hydroxyl groups is 2. The average molecular weight is 332 g/mol. The third-order valence-corrected chi connectivity index (χ3v) is 3.28. The molecule has 2 unspecified atom stereocenters. The van der Waals surface area contributed by atoms with E-state index in [1.165, 1.54) is 0 Å². The van der Waals surface area contributed by atoms with Gasteiger partial charge >= 0.3 is 0 Å². The van der Waals surface area contributed by atoms with E-state index in [4.69, 9.17) is 9.84 Å². The van der Waals surface area contributed by atoms with E-state index < -0.39 is 6.10 Å². The van der Waals surface area contributed by atoms with Gasteiger partial charge in [0, 0.05) is 16.1 Å². The van der Waals surface area contributed by atoms with Crippen molar-refractivity contribution in [2.45, 2.75) is 32.4 Å². The smallest absolute Gasteiger partial charge is 0.125 e. The predicted octanol–water partition coefficient (Wildman–Crippen LogP) is 2.24. The van der Waals surface area contributed by atoms with Crippen molar-refractivity contribution in [3.8, 4) is 5.75 Å². The van der Waals surface area contributed by atoms with Gasteiger partial charge in [0.1, 0.15) is 18.5 Å². The van der Waals surface area contributed by atoms with Crippen molar-refractivity contribution in [1.82, 2.24) is 5.32 Å². The van der Waals surface area contributed by atoms with Gasteiger partial charge in [0.15, 0.2) is 0 Å². The fourth-order valence-electron chi connectivity index (χ4n) is 1.70. The third kappa shape index (κ3) is 5.48. The number of nitrogens with one attached hydrogen (secondary N) is 1. The molecule has 0 amide bonds. The third-order valence-electron chi connectivity index (χ3n) is 2.78. The number of rotatable bonds is 8. The molecule has 0 aliphatic carbocycles. The minimum absolute atomic E-state index is 0.0838. The van der Waals surface area contributed by atoms with Gasteiger partial charge in [-0.25, -0.2) is 0 Å². The van der Waals surface area contributed by atoms with Crippen LogP contribution in [-0.2, 0) is 0 Å². The van der Waals surface area contributed by atoms with E-state index in [2.05, 4.69) is 35.1 Å². The molecule has 5 heteroatoms. The highest BCUT2D eigenvalue weighted by atomic mass is 79.9. The van der Waals surface area contributed by atoms with E-state index in [-0.39, 0.29) is 19.3 Å². The first-order chi connectivity index (χ1) is 9.08. The second kappa shape index (κ2) is 8.53. The second-order valence-corrected chi connectivity index (χ2v) is 5.42. The molecule has 108 valence electrons. The van der Waals surface area contributed by atoms with Gasteiger partial charge in [-0.15, -0.1) is 0 Å². The molecular weight excluding hydrogens is 310 g/mol. The number of benzene rings is 1. The van der Waals surface area contributed by atoms with Crippen LogP contribution >= 0.6 is 15.9 Å². The van der Waals surface area contributed by atoms with Crippen molar-refractivity contribution >= 4 is 15.9 Å². The van der Waals surface area contributed by atoms with E-state index in [1.807, 2.05) is 18.2 Å². The minimum Gasteiger partial charge on any atom is -0.490 e. The van der Waals surface area contributed by atoms with Crippen LogP contribution in [0.25, 0.3) is 0 Å². The first-order valence-corrected chi connectivity index (χ1v) is 7.32. The van der Waals surface area contributed by atoms with Crippen LogP contribution in [0.2, 0.25) is 0 Å². The van der Waals surface area contributed by atoms with Crippen LogP contribution in [0.15, 0.2) is 22.7 Å². The normalized spacial score (nSPS) is 14.2. The molecule has 3 N–H and O–H groups in total. The van der Waals surface area contributed by atoms with Crippen LogP contribution in [0.4, 0.5) is 0 Å². The first-order valence-electron chi connectivity index (χ1n) is 6.53. The molecule has 1 rings (SSSR count). The summed E-state index contributed by atoms with van der Waals surface area (Å²) in [5.41, 5.74) is 1.04. The summed E-state index contributed by atoms with van der Waals surface area (Å²) in [6.45, 7) is 4.92. The van der Waals surface area contributed by atoms with E-state index in [0.717, 1.165) is 28.8 Å². The summed E-state index contributed by atoms with van der Waals surface area (Å²) in [5, 5.41) is 21.6. The zero-order valence-corrected chi connectivity index (χ0v) is 13.0. The molecule has 0 radical (unpaired) electrons. The Morgan fingerprint density at radius 3 is 2.79 bits per heavy atom. The van der Waals surface area contributed by atoms with Gasteiger partial charge in [-0.05, 0) is 32.0 Å². The number of halogens is 1. The molecule has 1 aromatic carbocycles. The quantitative estimate of drug-likeness (QED) is 0.683. The monoisotopic (exact) mass is 331 g/mol. The van der Waals surface area contributed by atoms with Crippen LogP contribution in [0.3, 0.4) is 0 Å². The van der Waals surface area contributed by atoms with E-state index in [1.54, 1.807) is 0 Å². The lowest BCUT2D eigenvalue weighted by Crippen LogP contribution is -2.23. The Morgan fingerprint density at radius 2 is 2.16 bits per heavy atom. The van der Waals surface area contributed by atoms with Crippen LogP contribution in [-0.4, -0.2) is 36.1 Å². The molecule has 0 spiro atoms. The Labute approximate surface area is 122 Å². The average Bonchev–Trinajstić information content (AvgIpc) is 2.42. The molecule has 19 heavy (non-hydrogen) atoms. The number of aliphatic hydroxyl groups excluding tert-OH is 2. The Kier molecular flexibility index (Phi) is 7.38. The van der Waals surface area contributed by atoms with Gasteiger partial charge in [0.05, 0.1) is 6.61 Å². The fraction of sp³-hybridized carbons (Fsp3) is 0.571. The van der Waals surface area contributed by atoms with Gasteiger partial charge in [-0.3, -0.25) is 0 Å². The molecule has 4 nitrogen and oxygen atoms in total. The summed E-state index contributed by atoms with van der Waals surface area (Å²) in [6, 6.07) is 6.02. The molecule has 0 saturated heterocycles. The van der Waals surface area contributed by atoms with E-state index in [0.29, 0.717) is 0 Å². The standard InChI is InChI=1S/C14H22BrNO3/c1-3-6-16-10(2)13-5-4-11(15)7-14(13)19-9-12(18)8-17/h4-5,7,10,12,16-18H,3,6,8-9H2,1-2H3. The Morgan fingerprint density at radius 1 is 1.42 bits per heavy atom. The van der Waals surface area contributed by atoms with Crippen LogP contribution in [0, 0.1) is 0 Å². The summed E-state index contributed by atoms with van der Waals surface area (Å²) >= 11 is 3.41. The van der Waals surface area contributed by atoms with Crippen LogP contribution < -0.4 is 10.1 Å². The largest absolute Gasteiger partial charge is 0.490 e. The minimum atomic E-state index is -0.856. The molecular formula is C14H22BrNO3. The maximum absolute atomic E-state index is 9.36. The van der Waals surface area contributed by atoms with Gasteiger partial charge in [-0.1, -0.05) is 28.9 Å². The van der Waals surface area contributed by atoms with Gasteiger partial charge in [0.2, 0.25) is 0 Å². The Balaban J connectivity index is 2.78. The fourth-order valence-corrected chi connectivity index (χ4v) is 2.04. The number of hydrogen-bond donors (Lipinski definition) is 3. The Hall–Kier alpha value is -0.620. The molecule has 0 fully saturated rings. The van der Waals surface area contributed by atoms with Crippen molar-refractivity contribution in [2.75, 3.05) is 19.8 Å². The lowest BCUT2D eigenvalue weighted by molar-refractivity contribution is 0.0531. The van der Waals surface area contributed by atoms with Crippen molar-refractivity contribution in [1.29, 1.82) is 0 Å². The van der Waals surface area contributed by atoms with Crippen LogP contribution in [0.5, 0.6) is 5.75 Å². The van der Waals surface area contributed by atoms with E-state index in [9.17, 15) is 5.11 Å². The molecule has 0 saturated carbocycles. The Bertz CT molecular complexity index is 387.